The monoisotopic (exact) mass is 436 g/mol. The van der Waals surface area contributed by atoms with E-state index >= 15 is 0 Å². The molecule has 1 N–H and O–H groups in total. The number of rotatable bonds is 5. The minimum atomic E-state index is -3.59. The molecule has 0 radical (unpaired) electrons. The molecule has 0 aliphatic carbocycles. The lowest BCUT2D eigenvalue weighted by Gasteiger charge is -2.26. The molecule has 2 fully saturated rings. The van der Waals surface area contributed by atoms with Crippen LogP contribution >= 0.6 is 11.3 Å². The molecule has 29 heavy (non-hydrogen) atoms. The average Bonchev–Trinajstić information content (AvgIpc) is 3.38. The Labute approximate surface area is 172 Å². The fourth-order valence-electron chi connectivity index (χ4n) is 3.36. The lowest BCUT2D eigenvalue weighted by atomic mass is 10.1. The Bertz CT molecular complexity index is 986. The Morgan fingerprint density at radius 3 is 2.59 bits per heavy atom. The molecule has 0 bridgehead atoms. The molecule has 11 heteroatoms. The van der Waals surface area contributed by atoms with Gasteiger partial charge in [-0.2, -0.15) is 4.31 Å². The van der Waals surface area contributed by atoms with Crippen LogP contribution in [0.2, 0.25) is 0 Å². The van der Waals surface area contributed by atoms with E-state index in [0.717, 1.165) is 0 Å². The Hall–Kier alpha value is -2.34. The van der Waals surface area contributed by atoms with E-state index in [1.54, 1.807) is 23.7 Å². The van der Waals surface area contributed by atoms with Crippen LogP contribution in [-0.2, 0) is 24.3 Å². The van der Waals surface area contributed by atoms with E-state index in [2.05, 4.69) is 10.3 Å². The topological polar surface area (TPSA) is 109 Å². The summed E-state index contributed by atoms with van der Waals surface area (Å²) >= 11 is 1.31. The number of benzene rings is 1. The fourth-order valence-corrected chi connectivity index (χ4v) is 5.30. The second-order valence-electron chi connectivity index (χ2n) is 6.74. The number of carbonyl (C=O) groups is 2. The maximum atomic E-state index is 12.7. The summed E-state index contributed by atoms with van der Waals surface area (Å²) in [6.45, 7) is 1.65. The first-order valence-electron chi connectivity index (χ1n) is 9.14. The van der Waals surface area contributed by atoms with E-state index in [1.165, 1.54) is 32.7 Å². The highest BCUT2D eigenvalue weighted by atomic mass is 32.2. The molecule has 1 aromatic heterocycles. The predicted octanol–water partition coefficient (Wildman–Crippen LogP) is 1.16. The number of hydrogen-bond acceptors (Lipinski definition) is 7. The van der Waals surface area contributed by atoms with E-state index in [9.17, 15) is 18.0 Å². The number of sulfonamides is 1. The number of nitrogens with zero attached hydrogens (tertiary/aromatic N) is 3. The Morgan fingerprint density at radius 2 is 1.93 bits per heavy atom. The smallest absolute Gasteiger partial charge is 0.243 e. The van der Waals surface area contributed by atoms with Crippen molar-refractivity contribution in [3.8, 4) is 0 Å². The van der Waals surface area contributed by atoms with Crippen LogP contribution in [0.25, 0.3) is 0 Å². The van der Waals surface area contributed by atoms with Crippen molar-refractivity contribution in [3.05, 3.63) is 35.8 Å². The molecule has 1 atom stereocenters. The summed E-state index contributed by atoms with van der Waals surface area (Å²) in [7, 11) is -3.59. The standard InChI is InChI=1S/C18H20N4O5S2/c23-16-11-13(17(24)20-18-19-5-10-28-18)12-22(16)14-1-3-15(4-2-14)29(25,26)21-6-8-27-9-7-21/h1-5,10,13H,6-9,11-12H2,(H,19,20,24)/t13-/m1/s1. The van der Waals surface area contributed by atoms with Gasteiger partial charge in [0, 0.05) is 43.3 Å². The Balaban J connectivity index is 1.45. The molecule has 0 saturated carbocycles. The SMILES string of the molecule is O=C(Nc1nccs1)[C@@H]1CC(=O)N(c2ccc(S(=O)(=O)N3CCOCC3)cc2)C1. The van der Waals surface area contributed by atoms with Crippen molar-refractivity contribution in [2.75, 3.05) is 43.1 Å². The van der Waals surface area contributed by atoms with Crippen LogP contribution in [-0.4, -0.2) is 62.4 Å². The van der Waals surface area contributed by atoms with Gasteiger partial charge in [0.05, 0.1) is 24.0 Å². The van der Waals surface area contributed by atoms with E-state index in [-0.39, 0.29) is 29.7 Å². The maximum absolute atomic E-state index is 12.7. The number of amides is 2. The molecule has 2 aliphatic rings. The number of hydrogen-bond donors (Lipinski definition) is 1. The van der Waals surface area contributed by atoms with Crippen molar-refractivity contribution in [2.45, 2.75) is 11.3 Å². The van der Waals surface area contributed by atoms with Gasteiger partial charge in [-0.25, -0.2) is 13.4 Å². The number of aromatic nitrogens is 1. The zero-order valence-corrected chi connectivity index (χ0v) is 17.1. The molecule has 0 unspecified atom stereocenters. The second-order valence-corrected chi connectivity index (χ2v) is 9.57. The summed E-state index contributed by atoms with van der Waals surface area (Å²) < 4.78 is 32.0. The largest absolute Gasteiger partial charge is 0.379 e. The lowest BCUT2D eigenvalue weighted by molar-refractivity contribution is -0.122. The molecule has 4 rings (SSSR count). The van der Waals surface area contributed by atoms with Crippen molar-refractivity contribution < 1.29 is 22.7 Å². The second kappa shape index (κ2) is 8.19. The van der Waals surface area contributed by atoms with Crippen molar-refractivity contribution in [2.24, 2.45) is 5.92 Å². The highest BCUT2D eigenvalue weighted by Crippen LogP contribution is 2.28. The van der Waals surface area contributed by atoms with E-state index in [4.69, 9.17) is 4.74 Å². The fraction of sp³-hybridized carbons (Fsp3) is 0.389. The highest BCUT2D eigenvalue weighted by Gasteiger charge is 2.35. The average molecular weight is 437 g/mol. The first-order valence-corrected chi connectivity index (χ1v) is 11.5. The van der Waals surface area contributed by atoms with Crippen LogP contribution in [0, 0.1) is 5.92 Å². The van der Waals surface area contributed by atoms with Crippen LogP contribution in [0.15, 0.2) is 40.7 Å². The third-order valence-electron chi connectivity index (χ3n) is 4.91. The molecule has 9 nitrogen and oxygen atoms in total. The van der Waals surface area contributed by atoms with Gasteiger partial charge in [0.25, 0.3) is 0 Å². The van der Waals surface area contributed by atoms with Crippen molar-refractivity contribution in [3.63, 3.8) is 0 Å². The van der Waals surface area contributed by atoms with E-state index in [0.29, 0.717) is 37.1 Å². The molecule has 3 heterocycles. The molecule has 1 aromatic carbocycles. The number of ether oxygens (including phenoxy) is 1. The quantitative estimate of drug-likeness (QED) is 0.753. The molecule has 2 amide bonds. The maximum Gasteiger partial charge on any atom is 0.243 e. The summed E-state index contributed by atoms with van der Waals surface area (Å²) in [5.41, 5.74) is 0.570. The van der Waals surface area contributed by atoms with Gasteiger partial charge in [0.1, 0.15) is 0 Å². The minimum Gasteiger partial charge on any atom is -0.379 e. The number of morpholine rings is 1. The van der Waals surface area contributed by atoms with Crippen molar-refractivity contribution in [1.29, 1.82) is 0 Å². The molecule has 2 aliphatic heterocycles. The van der Waals surface area contributed by atoms with Gasteiger partial charge in [-0.3, -0.25) is 9.59 Å². The van der Waals surface area contributed by atoms with Crippen LogP contribution in [0.4, 0.5) is 10.8 Å². The number of carbonyl (C=O) groups excluding carboxylic acids is 2. The van der Waals surface area contributed by atoms with Crippen LogP contribution in [0.1, 0.15) is 6.42 Å². The van der Waals surface area contributed by atoms with Gasteiger partial charge in [-0.05, 0) is 24.3 Å². The number of anilines is 2. The zero-order chi connectivity index (χ0) is 20.4. The molecular weight excluding hydrogens is 416 g/mol. The van der Waals surface area contributed by atoms with Gasteiger partial charge in [-0.1, -0.05) is 0 Å². The Morgan fingerprint density at radius 1 is 1.21 bits per heavy atom. The molecule has 154 valence electrons. The first kappa shape index (κ1) is 20.0. The van der Waals surface area contributed by atoms with Gasteiger partial charge < -0.3 is 15.0 Å². The third kappa shape index (κ3) is 4.17. The number of thiazole rings is 1. The van der Waals surface area contributed by atoms with Crippen molar-refractivity contribution >= 4 is 44.0 Å². The molecule has 2 aromatic rings. The predicted molar refractivity (Wildman–Crippen MR) is 107 cm³/mol. The first-order chi connectivity index (χ1) is 13.9. The molecular formula is C18H20N4O5S2. The zero-order valence-electron chi connectivity index (χ0n) is 15.5. The molecule has 0 spiro atoms. The normalized spacial score (nSPS) is 20.8. The summed E-state index contributed by atoms with van der Waals surface area (Å²) in [4.78, 5) is 30.5. The summed E-state index contributed by atoms with van der Waals surface area (Å²) in [6.07, 6.45) is 1.70. The lowest BCUT2D eigenvalue weighted by Crippen LogP contribution is -2.40. The van der Waals surface area contributed by atoms with Crippen LogP contribution in [0.3, 0.4) is 0 Å². The Kier molecular flexibility index (Phi) is 5.63. The number of nitrogens with one attached hydrogen (secondary N) is 1. The van der Waals surface area contributed by atoms with Gasteiger partial charge in [0.2, 0.25) is 21.8 Å². The highest BCUT2D eigenvalue weighted by molar-refractivity contribution is 7.89. The van der Waals surface area contributed by atoms with E-state index in [1.807, 2.05) is 0 Å². The van der Waals surface area contributed by atoms with Gasteiger partial charge in [0.15, 0.2) is 5.13 Å². The van der Waals surface area contributed by atoms with E-state index < -0.39 is 15.9 Å². The van der Waals surface area contributed by atoms with Crippen LogP contribution < -0.4 is 10.2 Å². The molecule has 2 saturated heterocycles. The minimum absolute atomic E-state index is 0.102. The summed E-state index contributed by atoms with van der Waals surface area (Å²) in [6, 6.07) is 6.20. The summed E-state index contributed by atoms with van der Waals surface area (Å²) in [5.74, 6) is -0.904. The summed E-state index contributed by atoms with van der Waals surface area (Å²) in [5, 5.41) is 4.97. The third-order valence-corrected chi connectivity index (χ3v) is 7.52. The van der Waals surface area contributed by atoms with Gasteiger partial charge >= 0.3 is 0 Å². The van der Waals surface area contributed by atoms with Gasteiger partial charge in [-0.15, -0.1) is 11.3 Å². The van der Waals surface area contributed by atoms with Crippen LogP contribution in [0.5, 0.6) is 0 Å². The van der Waals surface area contributed by atoms with Crippen molar-refractivity contribution in [1.82, 2.24) is 9.29 Å².